The van der Waals surface area contributed by atoms with Gasteiger partial charge in [-0.15, -0.1) is 0 Å². The lowest BCUT2D eigenvalue weighted by atomic mass is 10.1. The zero-order valence-corrected chi connectivity index (χ0v) is 8.50. The van der Waals surface area contributed by atoms with E-state index in [-0.39, 0.29) is 5.92 Å². The number of ether oxygens (including phenoxy) is 1. The van der Waals surface area contributed by atoms with Crippen LogP contribution in [0.4, 0.5) is 0 Å². The van der Waals surface area contributed by atoms with Gasteiger partial charge in [0.1, 0.15) is 0 Å². The third kappa shape index (κ3) is 2.25. The van der Waals surface area contributed by atoms with Gasteiger partial charge in [0.05, 0.1) is 12.5 Å². The molecule has 2 aliphatic rings. The molecule has 2 rings (SSSR count). The van der Waals surface area contributed by atoms with Crippen LogP contribution >= 0.6 is 0 Å². The molecule has 2 aliphatic heterocycles. The molecule has 0 aromatic rings. The van der Waals surface area contributed by atoms with Crippen molar-refractivity contribution in [3.63, 3.8) is 0 Å². The second kappa shape index (κ2) is 4.75. The Kier molecular flexibility index (Phi) is 3.37. The Morgan fingerprint density at radius 3 is 3.07 bits per heavy atom. The van der Waals surface area contributed by atoms with Gasteiger partial charge in [0.25, 0.3) is 0 Å². The third-order valence-electron chi connectivity index (χ3n) is 2.94. The molecule has 0 aromatic heterocycles. The van der Waals surface area contributed by atoms with E-state index >= 15 is 0 Å². The van der Waals surface area contributed by atoms with Crippen molar-refractivity contribution in [1.29, 1.82) is 0 Å². The highest BCUT2D eigenvalue weighted by molar-refractivity contribution is 5.79. The highest BCUT2D eigenvalue weighted by atomic mass is 16.5. The van der Waals surface area contributed by atoms with Crippen LogP contribution in [0.2, 0.25) is 0 Å². The molecule has 0 saturated carbocycles. The Bertz CT molecular complexity index is 194. The average molecular weight is 198 g/mol. The predicted molar refractivity (Wildman–Crippen MR) is 53.0 cm³/mol. The first-order valence-corrected chi connectivity index (χ1v) is 5.45. The molecule has 14 heavy (non-hydrogen) atoms. The number of hydrogen-bond donors (Lipinski definition) is 1. The number of rotatable bonds is 1. The van der Waals surface area contributed by atoms with E-state index in [0.717, 1.165) is 45.6 Å². The molecule has 2 heterocycles. The summed E-state index contributed by atoms with van der Waals surface area (Å²) in [6.07, 6.45) is 1.97. The van der Waals surface area contributed by atoms with Crippen LogP contribution in [0.25, 0.3) is 0 Å². The van der Waals surface area contributed by atoms with E-state index in [0.29, 0.717) is 12.5 Å². The van der Waals surface area contributed by atoms with Crippen molar-refractivity contribution in [2.24, 2.45) is 5.92 Å². The molecule has 0 spiro atoms. The maximum Gasteiger partial charge on any atom is 0.227 e. The van der Waals surface area contributed by atoms with E-state index in [1.165, 1.54) is 0 Å². The number of amides is 1. The Morgan fingerprint density at radius 2 is 2.29 bits per heavy atom. The second-order valence-corrected chi connectivity index (χ2v) is 3.98. The van der Waals surface area contributed by atoms with Crippen LogP contribution in [0, 0.1) is 5.92 Å². The van der Waals surface area contributed by atoms with Crippen molar-refractivity contribution < 1.29 is 9.53 Å². The normalized spacial score (nSPS) is 28.9. The fourth-order valence-electron chi connectivity index (χ4n) is 2.09. The van der Waals surface area contributed by atoms with Crippen LogP contribution in [-0.4, -0.2) is 50.2 Å². The SMILES string of the molecule is O=C([C@@H]1CCNC1)N1CCCOCC1. The van der Waals surface area contributed by atoms with E-state index in [1.807, 2.05) is 4.90 Å². The molecule has 0 bridgehead atoms. The van der Waals surface area contributed by atoms with Crippen molar-refractivity contribution in [2.45, 2.75) is 12.8 Å². The van der Waals surface area contributed by atoms with Crippen LogP contribution in [-0.2, 0) is 9.53 Å². The minimum absolute atomic E-state index is 0.216. The van der Waals surface area contributed by atoms with Crippen LogP contribution in [0.3, 0.4) is 0 Å². The van der Waals surface area contributed by atoms with Gasteiger partial charge in [-0.1, -0.05) is 0 Å². The Balaban J connectivity index is 1.88. The van der Waals surface area contributed by atoms with Crippen LogP contribution in [0.15, 0.2) is 0 Å². The van der Waals surface area contributed by atoms with E-state index in [9.17, 15) is 4.79 Å². The lowest BCUT2D eigenvalue weighted by molar-refractivity contribution is -0.134. The highest BCUT2D eigenvalue weighted by Crippen LogP contribution is 2.12. The topological polar surface area (TPSA) is 41.6 Å². The molecule has 1 amide bonds. The zero-order chi connectivity index (χ0) is 9.80. The molecule has 4 heteroatoms. The molecule has 2 saturated heterocycles. The van der Waals surface area contributed by atoms with Gasteiger partial charge < -0.3 is 15.0 Å². The summed E-state index contributed by atoms with van der Waals surface area (Å²) in [5.41, 5.74) is 0. The van der Waals surface area contributed by atoms with E-state index in [2.05, 4.69) is 5.32 Å². The van der Waals surface area contributed by atoms with Gasteiger partial charge in [0.2, 0.25) is 5.91 Å². The summed E-state index contributed by atoms with van der Waals surface area (Å²) in [4.78, 5) is 13.9. The summed E-state index contributed by atoms with van der Waals surface area (Å²) in [5, 5.41) is 3.23. The average Bonchev–Trinajstić information content (AvgIpc) is 2.59. The fourth-order valence-corrected chi connectivity index (χ4v) is 2.09. The third-order valence-corrected chi connectivity index (χ3v) is 2.94. The largest absolute Gasteiger partial charge is 0.380 e. The van der Waals surface area contributed by atoms with Gasteiger partial charge in [0, 0.05) is 26.2 Å². The van der Waals surface area contributed by atoms with Gasteiger partial charge >= 0.3 is 0 Å². The Hall–Kier alpha value is -0.610. The summed E-state index contributed by atoms with van der Waals surface area (Å²) in [5.74, 6) is 0.536. The first-order valence-electron chi connectivity index (χ1n) is 5.45. The molecule has 0 radical (unpaired) electrons. The van der Waals surface area contributed by atoms with Crippen LogP contribution < -0.4 is 5.32 Å². The van der Waals surface area contributed by atoms with E-state index < -0.39 is 0 Å². The molecule has 80 valence electrons. The van der Waals surface area contributed by atoms with Crippen molar-refractivity contribution in [1.82, 2.24) is 10.2 Å². The number of nitrogens with one attached hydrogen (secondary N) is 1. The standard InChI is InChI=1S/C10H18N2O2/c13-10(9-2-3-11-8-9)12-4-1-6-14-7-5-12/h9,11H,1-8H2/t9-/m1/s1. The summed E-state index contributed by atoms with van der Waals surface area (Å²) in [6.45, 7) is 4.99. The maximum atomic E-state index is 12.0. The number of nitrogens with zero attached hydrogens (tertiary/aromatic N) is 1. The molecule has 0 unspecified atom stereocenters. The van der Waals surface area contributed by atoms with Crippen LogP contribution in [0.1, 0.15) is 12.8 Å². The molecule has 0 aromatic carbocycles. The van der Waals surface area contributed by atoms with Crippen molar-refractivity contribution in [3.05, 3.63) is 0 Å². The molecule has 4 nitrogen and oxygen atoms in total. The second-order valence-electron chi connectivity index (χ2n) is 3.98. The minimum Gasteiger partial charge on any atom is -0.380 e. The predicted octanol–water partition coefficient (Wildman–Crippen LogP) is -0.155. The monoisotopic (exact) mass is 198 g/mol. The Morgan fingerprint density at radius 1 is 1.36 bits per heavy atom. The first kappa shape index (κ1) is 9.93. The summed E-state index contributed by atoms with van der Waals surface area (Å²) >= 11 is 0. The lowest BCUT2D eigenvalue weighted by Gasteiger charge is -2.22. The fraction of sp³-hybridized carbons (Fsp3) is 0.900. The van der Waals surface area contributed by atoms with E-state index in [4.69, 9.17) is 4.74 Å². The zero-order valence-electron chi connectivity index (χ0n) is 8.50. The number of carbonyl (C=O) groups excluding carboxylic acids is 1. The first-order chi connectivity index (χ1) is 6.88. The summed E-state index contributed by atoms with van der Waals surface area (Å²) in [6, 6.07) is 0. The Labute approximate surface area is 84.6 Å². The van der Waals surface area contributed by atoms with Gasteiger partial charge in [-0.3, -0.25) is 4.79 Å². The summed E-state index contributed by atoms with van der Waals surface area (Å²) in [7, 11) is 0. The molecule has 2 fully saturated rings. The summed E-state index contributed by atoms with van der Waals surface area (Å²) < 4.78 is 5.33. The van der Waals surface area contributed by atoms with Crippen molar-refractivity contribution in [2.75, 3.05) is 39.4 Å². The smallest absolute Gasteiger partial charge is 0.227 e. The lowest BCUT2D eigenvalue weighted by Crippen LogP contribution is -2.38. The molecular weight excluding hydrogens is 180 g/mol. The molecule has 1 atom stereocenters. The maximum absolute atomic E-state index is 12.0. The van der Waals surface area contributed by atoms with Crippen molar-refractivity contribution in [3.8, 4) is 0 Å². The number of carbonyl (C=O) groups is 1. The molecule has 0 aliphatic carbocycles. The quantitative estimate of drug-likeness (QED) is 0.637. The van der Waals surface area contributed by atoms with Gasteiger partial charge in [-0.2, -0.15) is 0 Å². The van der Waals surface area contributed by atoms with Crippen LogP contribution in [0.5, 0.6) is 0 Å². The van der Waals surface area contributed by atoms with Gasteiger partial charge in [0.15, 0.2) is 0 Å². The van der Waals surface area contributed by atoms with Gasteiger partial charge in [-0.25, -0.2) is 0 Å². The van der Waals surface area contributed by atoms with Gasteiger partial charge in [-0.05, 0) is 19.4 Å². The van der Waals surface area contributed by atoms with Crippen molar-refractivity contribution >= 4 is 5.91 Å². The molecular formula is C10H18N2O2. The van der Waals surface area contributed by atoms with E-state index in [1.54, 1.807) is 0 Å². The minimum atomic E-state index is 0.216. The molecule has 1 N–H and O–H groups in total. The highest BCUT2D eigenvalue weighted by Gasteiger charge is 2.27. The number of hydrogen-bond acceptors (Lipinski definition) is 3.